The number of hydrogen-bond acceptors (Lipinski definition) is 6. The van der Waals surface area contributed by atoms with Crippen molar-refractivity contribution in [3.63, 3.8) is 0 Å². The molecule has 0 fully saturated rings. The lowest BCUT2D eigenvalue weighted by molar-refractivity contribution is 0.105. The lowest BCUT2D eigenvalue weighted by Crippen LogP contribution is -2.25. The lowest BCUT2D eigenvalue weighted by atomic mass is 10.0. The second kappa shape index (κ2) is 11.7. The normalized spacial score (nSPS) is 16.4. The van der Waals surface area contributed by atoms with E-state index in [0.717, 1.165) is 5.56 Å². The lowest BCUT2D eigenvalue weighted by Gasteiger charge is -2.21. The number of benzene rings is 6. The van der Waals surface area contributed by atoms with Crippen molar-refractivity contribution in [3.8, 4) is 0 Å². The topological polar surface area (TPSA) is 102 Å². The van der Waals surface area contributed by atoms with Crippen LogP contribution in [0.15, 0.2) is 155 Å². The first-order chi connectivity index (χ1) is 25.1. The summed E-state index contributed by atoms with van der Waals surface area (Å²) in [6.45, 7) is 0. The molecule has 0 unspecified atom stereocenters. The van der Waals surface area contributed by atoms with Gasteiger partial charge in [0.15, 0.2) is 12.9 Å². The molecule has 0 bridgehead atoms. The molecule has 0 atom stereocenters. The molecule has 2 heterocycles. The van der Waals surface area contributed by atoms with E-state index in [1.807, 2.05) is 24.3 Å². The average molecular weight is 735 g/mol. The number of sulfone groups is 2. The van der Waals surface area contributed by atoms with E-state index in [1.165, 1.54) is 0 Å². The molecule has 0 spiro atoms. The Balaban J connectivity index is 1.12. The molecule has 6 nitrogen and oxygen atoms in total. The Kier molecular flexibility index (Phi) is 7.25. The molecule has 9 heteroatoms. The first-order valence-corrected chi connectivity index (χ1v) is 21.1. The molecule has 0 radical (unpaired) electrons. The zero-order chi connectivity index (χ0) is 35.8. The van der Waals surface area contributed by atoms with Gasteiger partial charge in [-0.3, -0.25) is 4.79 Å². The summed E-state index contributed by atoms with van der Waals surface area (Å²) in [5.41, 5.74) is 4.92. The number of carbonyl (C=O) groups excluding carboxylic acids is 1. The third-order valence-corrected chi connectivity index (χ3v) is 16.7. The largest absolute Gasteiger partial charge is 0.309 e. The number of carbonyl (C=O) groups is 1. The quantitative estimate of drug-likeness (QED) is 0.163. The highest BCUT2D eigenvalue weighted by Gasteiger charge is 2.35. The second-order valence-corrected chi connectivity index (χ2v) is 19.4. The van der Waals surface area contributed by atoms with E-state index in [2.05, 4.69) is 0 Å². The van der Waals surface area contributed by atoms with Crippen molar-refractivity contribution in [2.45, 2.75) is 9.79 Å². The Labute approximate surface area is 301 Å². The van der Waals surface area contributed by atoms with Gasteiger partial charge in [0.05, 0.1) is 19.6 Å². The van der Waals surface area contributed by atoms with E-state index < -0.39 is 26.8 Å². The number of fused-ring (bicyclic) bond motifs is 3. The Bertz CT molecular complexity index is 2740. The number of rotatable bonds is 6. The minimum Gasteiger partial charge on any atom is -0.309 e. The summed E-state index contributed by atoms with van der Waals surface area (Å²) < 4.78 is 69.2. The number of allylic oxidation sites excluding steroid dienone is 1. The van der Waals surface area contributed by atoms with Gasteiger partial charge in [0, 0.05) is 27.1 Å². The minimum atomic E-state index is -3.73. The van der Waals surface area contributed by atoms with Gasteiger partial charge in [0.2, 0.25) is 19.7 Å². The summed E-state index contributed by atoms with van der Waals surface area (Å²) in [6, 6.07) is 41.6. The smallest absolute Gasteiger partial charge is 0.207 e. The van der Waals surface area contributed by atoms with Crippen LogP contribution in [0.4, 0.5) is 0 Å². The van der Waals surface area contributed by atoms with E-state index in [9.17, 15) is 21.6 Å². The third kappa shape index (κ3) is 4.83. The minimum absolute atomic E-state index is 0.0747. The van der Waals surface area contributed by atoms with E-state index in [4.69, 9.17) is 0 Å². The summed E-state index contributed by atoms with van der Waals surface area (Å²) in [4.78, 5) is 14.1. The summed E-state index contributed by atoms with van der Waals surface area (Å²) in [5.74, 6) is -0.0747. The van der Waals surface area contributed by atoms with E-state index >= 15 is 4.57 Å². The van der Waals surface area contributed by atoms with Crippen molar-refractivity contribution in [2.75, 3.05) is 0 Å². The van der Waals surface area contributed by atoms with Crippen LogP contribution in [0.25, 0.3) is 33.6 Å². The molecular weight excluding hydrogens is 708 g/mol. The molecule has 252 valence electrons. The molecule has 52 heavy (non-hydrogen) atoms. The highest BCUT2D eigenvalue weighted by Crippen LogP contribution is 2.45. The van der Waals surface area contributed by atoms with Gasteiger partial charge in [-0.25, -0.2) is 16.8 Å². The summed E-state index contributed by atoms with van der Waals surface area (Å²) >= 11 is 0. The fourth-order valence-corrected chi connectivity index (χ4v) is 13.1. The Morgan fingerprint density at radius 1 is 0.404 bits per heavy atom. The zero-order valence-electron chi connectivity index (χ0n) is 27.3. The molecule has 9 rings (SSSR count). The average Bonchev–Trinajstić information content (AvgIpc) is 3.76. The van der Waals surface area contributed by atoms with Gasteiger partial charge in [-0.15, -0.1) is 0 Å². The summed E-state index contributed by atoms with van der Waals surface area (Å²) in [5, 5.41) is 1.43. The molecule has 0 amide bonds. The fourth-order valence-electron chi connectivity index (χ4n) is 7.22. The standard InChI is InChI=1S/C43H27O6PS2/c44-43-37-10-4-1-7-31(37)25-38(43)28-13-19-34(20-14-28)50(45,35-21-15-29(16-22-35)41-26-32-8-2-5-11-39(32)51(41,46)47)36-23-17-30(18-24-36)42-27-33-9-3-6-12-40(33)52(42,48)49/h1-27H. The maximum absolute atomic E-state index is 15.6. The van der Waals surface area contributed by atoms with Crippen LogP contribution in [0, 0.1) is 0 Å². The molecular formula is C43H27O6PS2. The molecule has 0 saturated carbocycles. The molecule has 0 saturated heterocycles. The number of hydrogen-bond donors (Lipinski definition) is 0. The first-order valence-electron chi connectivity index (χ1n) is 16.5. The highest BCUT2D eigenvalue weighted by atomic mass is 32.2. The Hall–Kier alpha value is -5.66. The SMILES string of the molecule is O=C1C(c2ccc(P(=O)(c3ccc(C4=Cc5ccccc5S4(=O)=O)cc3)c3ccc(C4=Cc5ccccc5S4(=O)=O)cc3)cc2)=Cc2ccccc21. The summed E-state index contributed by atoms with van der Waals surface area (Å²) in [6.07, 6.45) is 5.16. The number of ketones is 1. The van der Waals surface area contributed by atoms with Crippen LogP contribution in [0.2, 0.25) is 0 Å². The van der Waals surface area contributed by atoms with E-state index in [0.29, 0.717) is 54.9 Å². The van der Waals surface area contributed by atoms with Gasteiger partial charge in [-0.2, -0.15) is 0 Å². The van der Waals surface area contributed by atoms with E-state index in [-0.39, 0.29) is 25.4 Å². The van der Waals surface area contributed by atoms with Crippen molar-refractivity contribution in [1.29, 1.82) is 0 Å². The maximum Gasteiger partial charge on any atom is 0.207 e. The van der Waals surface area contributed by atoms with Gasteiger partial charge in [-0.1, -0.05) is 133 Å². The first kappa shape index (κ1) is 32.3. The molecule has 6 aromatic carbocycles. The van der Waals surface area contributed by atoms with Crippen molar-refractivity contribution in [3.05, 3.63) is 185 Å². The van der Waals surface area contributed by atoms with Crippen molar-refractivity contribution in [2.24, 2.45) is 0 Å². The molecule has 0 aromatic heterocycles. The fraction of sp³-hybridized carbons (Fsp3) is 0. The zero-order valence-corrected chi connectivity index (χ0v) is 29.8. The van der Waals surface area contributed by atoms with E-state index in [1.54, 1.807) is 140 Å². The highest BCUT2D eigenvalue weighted by molar-refractivity contribution is 8.01. The third-order valence-electron chi connectivity index (χ3n) is 9.89. The van der Waals surface area contributed by atoms with Crippen molar-refractivity contribution < 1.29 is 26.2 Å². The Morgan fingerprint density at radius 2 is 0.788 bits per heavy atom. The van der Waals surface area contributed by atoms with Gasteiger partial charge in [0.25, 0.3) is 0 Å². The molecule has 1 aliphatic carbocycles. The molecule has 3 aliphatic rings. The van der Waals surface area contributed by atoms with Gasteiger partial charge >= 0.3 is 0 Å². The van der Waals surface area contributed by atoms with Crippen LogP contribution in [0.5, 0.6) is 0 Å². The summed E-state index contributed by atoms with van der Waals surface area (Å²) in [7, 11) is -11.1. The number of Topliss-reactive ketones (excluding diaryl/α,β-unsaturated/α-hetero) is 1. The van der Waals surface area contributed by atoms with Gasteiger partial charge in [-0.05, 0) is 63.7 Å². The van der Waals surface area contributed by atoms with Crippen LogP contribution < -0.4 is 15.9 Å². The van der Waals surface area contributed by atoms with Crippen LogP contribution in [-0.4, -0.2) is 22.6 Å². The van der Waals surface area contributed by atoms with Crippen molar-refractivity contribution >= 4 is 82.1 Å². The molecule has 0 N–H and O–H groups in total. The van der Waals surface area contributed by atoms with Gasteiger partial charge < -0.3 is 4.57 Å². The monoisotopic (exact) mass is 734 g/mol. The predicted octanol–water partition coefficient (Wildman–Crippen LogP) is 7.63. The van der Waals surface area contributed by atoms with Crippen LogP contribution in [-0.2, 0) is 24.2 Å². The Morgan fingerprint density at radius 3 is 1.21 bits per heavy atom. The van der Waals surface area contributed by atoms with Crippen molar-refractivity contribution in [1.82, 2.24) is 0 Å². The molecule has 6 aromatic rings. The second-order valence-electron chi connectivity index (χ2n) is 12.8. The maximum atomic E-state index is 15.6. The van der Waals surface area contributed by atoms with Gasteiger partial charge in [0.1, 0.15) is 0 Å². The van der Waals surface area contributed by atoms with Crippen LogP contribution in [0.3, 0.4) is 0 Å². The van der Waals surface area contributed by atoms with Crippen LogP contribution >= 0.6 is 7.14 Å². The van der Waals surface area contributed by atoms with Crippen LogP contribution in [0.1, 0.15) is 43.7 Å². The molecule has 2 aliphatic heterocycles. The predicted molar refractivity (Wildman–Crippen MR) is 207 cm³/mol.